The van der Waals surface area contributed by atoms with E-state index in [9.17, 15) is 4.79 Å². The van der Waals surface area contributed by atoms with Crippen LogP contribution in [0.2, 0.25) is 0 Å². The van der Waals surface area contributed by atoms with E-state index < -0.39 is 0 Å². The van der Waals surface area contributed by atoms with Crippen molar-refractivity contribution >= 4 is 11.9 Å². The average molecular weight is 292 g/mol. The van der Waals surface area contributed by atoms with Crippen molar-refractivity contribution in [2.45, 2.75) is 13.0 Å². The van der Waals surface area contributed by atoms with Gasteiger partial charge in [-0.2, -0.15) is 0 Å². The highest BCUT2D eigenvalue weighted by atomic mass is 16.5. The van der Waals surface area contributed by atoms with E-state index in [0.29, 0.717) is 25.7 Å². The summed E-state index contributed by atoms with van der Waals surface area (Å²) in [7, 11) is 0. The van der Waals surface area contributed by atoms with Crippen LogP contribution in [0.15, 0.2) is 23.6 Å². The molecule has 1 atom stereocenters. The summed E-state index contributed by atoms with van der Waals surface area (Å²) in [6.07, 6.45) is 4.57. The number of hydrogen-bond acceptors (Lipinski definition) is 5. The highest BCUT2D eigenvalue weighted by Gasteiger charge is 2.17. The SMILES string of the molecule is CC1CN(C(N)=NCCNC(=O)c2cnccn2)CCO1. The van der Waals surface area contributed by atoms with E-state index in [0.717, 1.165) is 13.1 Å². The van der Waals surface area contributed by atoms with Gasteiger partial charge >= 0.3 is 0 Å². The molecule has 21 heavy (non-hydrogen) atoms. The molecule has 0 aromatic carbocycles. The molecule has 0 spiro atoms. The maximum absolute atomic E-state index is 11.7. The summed E-state index contributed by atoms with van der Waals surface area (Å²) >= 11 is 0. The lowest BCUT2D eigenvalue weighted by molar-refractivity contribution is 0.00530. The van der Waals surface area contributed by atoms with Crippen molar-refractivity contribution in [1.29, 1.82) is 0 Å². The minimum Gasteiger partial charge on any atom is -0.375 e. The Morgan fingerprint density at radius 3 is 3.19 bits per heavy atom. The van der Waals surface area contributed by atoms with E-state index in [1.165, 1.54) is 18.6 Å². The van der Waals surface area contributed by atoms with Gasteiger partial charge in [0.25, 0.3) is 5.91 Å². The largest absolute Gasteiger partial charge is 0.375 e. The lowest BCUT2D eigenvalue weighted by atomic mass is 10.3. The summed E-state index contributed by atoms with van der Waals surface area (Å²) in [6, 6.07) is 0. The molecule has 1 aromatic heterocycles. The number of amides is 1. The lowest BCUT2D eigenvalue weighted by Crippen LogP contribution is -2.48. The third kappa shape index (κ3) is 4.67. The van der Waals surface area contributed by atoms with Crippen LogP contribution in [-0.2, 0) is 4.74 Å². The van der Waals surface area contributed by atoms with Gasteiger partial charge in [0, 0.05) is 32.0 Å². The zero-order chi connectivity index (χ0) is 15.1. The Hall–Kier alpha value is -2.22. The molecule has 0 aliphatic carbocycles. The van der Waals surface area contributed by atoms with E-state index in [2.05, 4.69) is 20.3 Å². The number of nitrogens with one attached hydrogen (secondary N) is 1. The topological polar surface area (TPSA) is 106 Å². The van der Waals surface area contributed by atoms with Gasteiger partial charge in [-0.15, -0.1) is 0 Å². The fraction of sp³-hybridized carbons (Fsp3) is 0.538. The van der Waals surface area contributed by atoms with Gasteiger partial charge in [0.15, 0.2) is 5.96 Å². The number of morpholine rings is 1. The molecule has 0 bridgehead atoms. The second kappa shape index (κ2) is 7.53. The van der Waals surface area contributed by atoms with Crippen molar-refractivity contribution in [2.24, 2.45) is 10.7 Å². The number of ether oxygens (including phenoxy) is 1. The quantitative estimate of drug-likeness (QED) is 0.429. The Balaban J connectivity index is 1.73. The van der Waals surface area contributed by atoms with E-state index in [1.54, 1.807) is 0 Å². The maximum atomic E-state index is 11.7. The Bertz CT molecular complexity index is 493. The van der Waals surface area contributed by atoms with Gasteiger partial charge in [0.1, 0.15) is 5.69 Å². The first kappa shape index (κ1) is 15.2. The number of nitrogens with zero attached hydrogens (tertiary/aromatic N) is 4. The van der Waals surface area contributed by atoms with Crippen LogP contribution in [0.3, 0.4) is 0 Å². The molecule has 1 aliphatic rings. The van der Waals surface area contributed by atoms with E-state index in [1.807, 2.05) is 11.8 Å². The molecule has 0 radical (unpaired) electrons. The summed E-state index contributed by atoms with van der Waals surface area (Å²) in [6.45, 7) is 4.95. The molecule has 2 rings (SSSR count). The number of rotatable bonds is 4. The third-order valence-electron chi connectivity index (χ3n) is 3.03. The van der Waals surface area contributed by atoms with Crippen molar-refractivity contribution in [2.75, 3.05) is 32.8 Å². The molecule has 3 N–H and O–H groups in total. The van der Waals surface area contributed by atoms with Gasteiger partial charge in [0.05, 0.1) is 25.5 Å². The average Bonchev–Trinajstić information content (AvgIpc) is 2.52. The first-order chi connectivity index (χ1) is 10.2. The number of carbonyl (C=O) groups excluding carboxylic acids is 1. The number of carbonyl (C=O) groups is 1. The predicted octanol–water partition coefficient (Wildman–Crippen LogP) is -0.758. The number of aromatic nitrogens is 2. The van der Waals surface area contributed by atoms with Gasteiger partial charge in [-0.05, 0) is 6.92 Å². The molecule has 8 nitrogen and oxygen atoms in total. The number of nitrogens with two attached hydrogens (primary N) is 1. The molecular weight excluding hydrogens is 272 g/mol. The van der Waals surface area contributed by atoms with Crippen molar-refractivity contribution in [3.8, 4) is 0 Å². The van der Waals surface area contributed by atoms with Gasteiger partial charge in [-0.1, -0.05) is 0 Å². The molecule has 0 saturated carbocycles. The lowest BCUT2D eigenvalue weighted by Gasteiger charge is -2.31. The molecular formula is C13H20N6O2. The highest BCUT2D eigenvalue weighted by molar-refractivity contribution is 5.91. The summed E-state index contributed by atoms with van der Waals surface area (Å²) in [4.78, 5) is 25.7. The minimum atomic E-state index is -0.267. The van der Waals surface area contributed by atoms with Crippen LogP contribution in [-0.4, -0.2) is 65.6 Å². The second-order valence-corrected chi connectivity index (χ2v) is 4.71. The first-order valence-electron chi connectivity index (χ1n) is 6.87. The van der Waals surface area contributed by atoms with E-state index in [-0.39, 0.29) is 17.7 Å². The van der Waals surface area contributed by atoms with Crippen LogP contribution in [0, 0.1) is 0 Å². The molecule has 2 heterocycles. The fourth-order valence-corrected chi connectivity index (χ4v) is 1.97. The van der Waals surface area contributed by atoms with Gasteiger partial charge in [0.2, 0.25) is 0 Å². The smallest absolute Gasteiger partial charge is 0.271 e. The standard InChI is InChI=1S/C13H20N6O2/c1-10-9-19(6-7-21-10)13(14)18-5-4-17-12(20)11-8-15-2-3-16-11/h2-3,8,10H,4-7,9H2,1H3,(H2,14,18)(H,17,20). The normalized spacial score (nSPS) is 19.4. The molecule has 1 fully saturated rings. The zero-order valence-corrected chi connectivity index (χ0v) is 12.0. The second-order valence-electron chi connectivity index (χ2n) is 4.71. The van der Waals surface area contributed by atoms with E-state index in [4.69, 9.17) is 10.5 Å². The number of hydrogen-bond donors (Lipinski definition) is 2. The molecule has 8 heteroatoms. The van der Waals surface area contributed by atoms with Crippen LogP contribution in [0.4, 0.5) is 0 Å². The molecule has 1 amide bonds. The van der Waals surface area contributed by atoms with Crippen molar-refractivity contribution in [3.63, 3.8) is 0 Å². The van der Waals surface area contributed by atoms with Crippen LogP contribution in [0.1, 0.15) is 17.4 Å². The third-order valence-corrected chi connectivity index (χ3v) is 3.03. The maximum Gasteiger partial charge on any atom is 0.271 e. The Morgan fingerprint density at radius 1 is 1.62 bits per heavy atom. The van der Waals surface area contributed by atoms with Crippen LogP contribution in [0.5, 0.6) is 0 Å². The van der Waals surface area contributed by atoms with Gasteiger partial charge in [-0.3, -0.25) is 14.8 Å². The number of aliphatic imine (C=N–C) groups is 1. The fourth-order valence-electron chi connectivity index (χ4n) is 1.97. The highest BCUT2D eigenvalue weighted by Crippen LogP contribution is 2.03. The molecule has 1 unspecified atom stereocenters. The van der Waals surface area contributed by atoms with Crippen molar-refractivity contribution < 1.29 is 9.53 Å². The van der Waals surface area contributed by atoms with E-state index >= 15 is 0 Å². The van der Waals surface area contributed by atoms with Crippen LogP contribution in [0.25, 0.3) is 0 Å². The number of guanidine groups is 1. The summed E-state index contributed by atoms with van der Waals surface area (Å²) in [5.74, 6) is 0.218. The first-order valence-corrected chi connectivity index (χ1v) is 6.87. The van der Waals surface area contributed by atoms with Gasteiger partial charge < -0.3 is 20.7 Å². The minimum absolute atomic E-state index is 0.156. The van der Waals surface area contributed by atoms with Crippen molar-refractivity contribution in [3.05, 3.63) is 24.3 Å². The zero-order valence-electron chi connectivity index (χ0n) is 12.0. The Morgan fingerprint density at radius 2 is 2.48 bits per heavy atom. The summed E-state index contributed by atoms with van der Waals surface area (Å²) in [5, 5.41) is 2.72. The molecule has 1 aliphatic heterocycles. The molecule has 1 saturated heterocycles. The van der Waals surface area contributed by atoms with Crippen LogP contribution >= 0.6 is 0 Å². The predicted molar refractivity (Wildman–Crippen MR) is 77.8 cm³/mol. The monoisotopic (exact) mass is 292 g/mol. The van der Waals surface area contributed by atoms with Crippen LogP contribution < -0.4 is 11.1 Å². The molecule has 114 valence electrons. The Kier molecular flexibility index (Phi) is 5.44. The van der Waals surface area contributed by atoms with Gasteiger partial charge in [-0.25, -0.2) is 4.98 Å². The van der Waals surface area contributed by atoms with Crippen molar-refractivity contribution in [1.82, 2.24) is 20.2 Å². The molecule has 1 aromatic rings. The summed E-state index contributed by atoms with van der Waals surface area (Å²) in [5.41, 5.74) is 6.21. The Labute approximate surface area is 123 Å². The summed E-state index contributed by atoms with van der Waals surface area (Å²) < 4.78 is 5.44.